The minimum absolute atomic E-state index is 0.152. The van der Waals surface area contributed by atoms with Gasteiger partial charge in [-0.3, -0.25) is 0 Å². The van der Waals surface area contributed by atoms with Gasteiger partial charge in [0.25, 0.3) is 0 Å². The van der Waals surface area contributed by atoms with E-state index in [9.17, 15) is 0 Å². The number of likely N-dealkylation sites (N-methyl/N-ethyl adjacent to an activating group) is 1. The molecule has 0 aromatic heterocycles. The van der Waals surface area contributed by atoms with Gasteiger partial charge in [-0.05, 0) is 32.3 Å². The molecule has 4 rings (SSSR count). The van der Waals surface area contributed by atoms with E-state index in [1.807, 2.05) is 18.2 Å². The van der Waals surface area contributed by atoms with Crippen LogP contribution in [0.3, 0.4) is 0 Å². The third-order valence-electron chi connectivity index (χ3n) is 4.93. The van der Waals surface area contributed by atoms with Gasteiger partial charge in [0.15, 0.2) is 11.6 Å². The fourth-order valence-corrected chi connectivity index (χ4v) is 3.48. The summed E-state index contributed by atoms with van der Waals surface area (Å²) < 4.78 is 6.29. The minimum Gasteiger partial charge on any atom is -0.455 e. The third-order valence-corrected chi connectivity index (χ3v) is 4.93. The van der Waals surface area contributed by atoms with Gasteiger partial charge in [-0.25, -0.2) is 4.99 Å². The number of benzene rings is 1. The fraction of sp³-hybridized carbons (Fsp3) is 0.421. The van der Waals surface area contributed by atoms with E-state index in [1.54, 1.807) is 0 Å². The second-order valence-electron chi connectivity index (χ2n) is 6.45. The molecule has 1 atom stereocenters. The van der Waals surface area contributed by atoms with Gasteiger partial charge in [-0.15, -0.1) is 0 Å². The molecule has 1 unspecified atom stereocenters. The summed E-state index contributed by atoms with van der Waals surface area (Å²) in [5, 5.41) is 0. The summed E-state index contributed by atoms with van der Waals surface area (Å²) in [6.07, 6.45) is 6.02. The monoisotopic (exact) mass is 309 g/mol. The van der Waals surface area contributed by atoms with E-state index in [0.717, 1.165) is 41.8 Å². The maximum atomic E-state index is 6.29. The molecule has 3 aliphatic heterocycles. The van der Waals surface area contributed by atoms with Gasteiger partial charge >= 0.3 is 0 Å². The number of ether oxygens (including phenoxy) is 1. The molecule has 0 radical (unpaired) electrons. The number of likely N-dealkylation sites (tertiary alicyclic amines) is 1. The van der Waals surface area contributed by atoms with Gasteiger partial charge in [0.2, 0.25) is 0 Å². The van der Waals surface area contributed by atoms with Crippen molar-refractivity contribution in [1.29, 1.82) is 0 Å². The number of amidine groups is 1. The van der Waals surface area contributed by atoms with Crippen LogP contribution < -0.4 is 0 Å². The summed E-state index contributed by atoms with van der Waals surface area (Å²) in [5.41, 5.74) is 1.12. The third kappa shape index (κ3) is 2.52. The van der Waals surface area contributed by atoms with E-state index in [-0.39, 0.29) is 6.04 Å². The average Bonchev–Trinajstić information content (AvgIpc) is 3.05. The van der Waals surface area contributed by atoms with Crippen molar-refractivity contribution in [3.8, 4) is 0 Å². The van der Waals surface area contributed by atoms with Crippen molar-refractivity contribution < 1.29 is 4.74 Å². The Morgan fingerprint density at radius 3 is 2.57 bits per heavy atom. The zero-order valence-corrected chi connectivity index (χ0v) is 13.8. The van der Waals surface area contributed by atoms with Crippen molar-refractivity contribution in [2.24, 2.45) is 4.99 Å². The number of nitrogens with zero attached hydrogens (tertiary/aromatic N) is 3. The number of piperidine rings is 1. The first-order chi connectivity index (χ1) is 11.2. The first-order valence-corrected chi connectivity index (χ1v) is 8.46. The average molecular weight is 309 g/mol. The van der Waals surface area contributed by atoms with Crippen molar-refractivity contribution in [3.05, 3.63) is 53.6 Å². The first kappa shape index (κ1) is 14.4. The Kier molecular flexibility index (Phi) is 3.60. The highest BCUT2D eigenvalue weighted by atomic mass is 16.5. The highest BCUT2D eigenvalue weighted by Crippen LogP contribution is 2.37. The molecular formula is C19H23N3O. The molecule has 0 amide bonds. The van der Waals surface area contributed by atoms with Crippen LogP contribution in [-0.4, -0.2) is 41.8 Å². The van der Waals surface area contributed by atoms with Crippen LogP contribution in [0.15, 0.2) is 53.0 Å². The smallest absolute Gasteiger partial charge is 0.173 e. The van der Waals surface area contributed by atoms with Crippen LogP contribution in [0.5, 0.6) is 0 Å². The summed E-state index contributed by atoms with van der Waals surface area (Å²) in [6.45, 7) is 4.24. The summed E-state index contributed by atoms with van der Waals surface area (Å²) in [4.78, 5) is 9.43. The molecule has 0 bridgehead atoms. The molecular weight excluding hydrogens is 286 g/mol. The first-order valence-electron chi connectivity index (χ1n) is 8.46. The molecule has 1 fully saturated rings. The Morgan fingerprint density at radius 2 is 1.83 bits per heavy atom. The lowest BCUT2D eigenvalue weighted by Gasteiger charge is -2.36. The number of rotatable bonds is 2. The predicted molar refractivity (Wildman–Crippen MR) is 92.6 cm³/mol. The molecule has 3 aliphatic rings. The highest BCUT2D eigenvalue weighted by molar-refractivity contribution is 5.84. The lowest BCUT2D eigenvalue weighted by Crippen LogP contribution is -2.41. The molecule has 120 valence electrons. The number of hydrogen-bond acceptors (Lipinski definition) is 4. The molecule has 1 saturated heterocycles. The van der Waals surface area contributed by atoms with Crippen LogP contribution in [0.2, 0.25) is 0 Å². The van der Waals surface area contributed by atoms with Gasteiger partial charge < -0.3 is 14.5 Å². The summed E-state index contributed by atoms with van der Waals surface area (Å²) in [7, 11) is 2.09. The molecule has 0 saturated carbocycles. The van der Waals surface area contributed by atoms with Gasteiger partial charge in [0.05, 0.1) is 0 Å². The van der Waals surface area contributed by atoms with Crippen LogP contribution in [0.4, 0.5) is 0 Å². The second-order valence-corrected chi connectivity index (χ2v) is 6.45. The number of fused-ring (bicyclic) bond motifs is 1. The predicted octanol–water partition coefficient (Wildman–Crippen LogP) is 3.45. The van der Waals surface area contributed by atoms with Crippen LogP contribution in [0.1, 0.15) is 31.7 Å². The summed E-state index contributed by atoms with van der Waals surface area (Å²) in [6, 6.07) is 10.5. The van der Waals surface area contributed by atoms with Crippen LogP contribution in [0.25, 0.3) is 5.76 Å². The van der Waals surface area contributed by atoms with E-state index in [0.29, 0.717) is 0 Å². The molecule has 1 aromatic carbocycles. The van der Waals surface area contributed by atoms with E-state index in [2.05, 4.69) is 42.0 Å². The Bertz CT molecular complexity index is 684. The number of aliphatic imine (C=N–C) groups is 1. The van der Waals surface area contributed by atoms with E-state index in [4.69, 9.17) is 9.73 Å². The van der Waals surface area contributed by atoms with Crippen molar-refractivity contribution in [2.45, 2.75) is 32.2 Å². The molecule has 0 aliphatic carbocycles. The van der Waals surface area contributed by atoms with Crippen LogP contribution in [0, 0.1) is 0 Å². The topological polar surface area (TPSA) is 28.1 Å². The zero-order valence-electron chi connectivity index (χ0n) is 13.8. The van der Waals surface area contributed by atoms with Crippen molar-refractivity contribution in [1.82, 2.24) is 9.80 Å². The van der Waals surface area contributed by atoms with Gasteiger partial charge in [-0.2, -0.15) is 0 Å². The molecule has 0 N–H and O–H groups in total. The van der Waals surface area contributed by atoms with E-state index in [1.165, 1.54) is 19.3 Å². The highest BCUT2D eigenvalue weighted by Gasteiger charge is 2.36. The molecule has 4 nitrogen and oxygen atoms in total. The summed E-state index contributed by atoms with van der Waals surface area (Å²) in [5.74, 6) is 4.01. The Hall–Kier alpha value is -2.23. The SMILES string of the molecule is CC1=NC(N2CCCCC2)=C2OC(c3ccccc3)=CC2N1C. The lowest BCUT2D eigenvalue weighted by atomic mass is 10.1. The maximum Gasteiger partial charge on any atom is 0.173 e. The standard InChI is InChI=1S/C19H23N3O/c1-14-20-19(22-11-7-4-8-12-22)18-16(21(14)2)13-17(23-18)15-9-5-3-6-10-15/h3,5-6,9-10,13,16H,4,7-8,11-12H2,1-2H3. The normalized spacial score (nSPS) is 24.2. The van der Waals surface area contributed by atoms with Crippen LogP contribution in [-0.2, 0) is 4.74 Å². The van der Waals surface area contributed by atoms with Crippen molar-refractivity contribution >= 4 is 11.6 Å². The molecule has 3 heterocycles. The van der Waals surface area contributed by atoms with Gasteiger partial charge in [-0.1, -0.05) is 30.3 Å². The fourth-order valence-electron chi connectivity index (χ4n) is 3.48. The Labute approximate surface area is 137 Å². The van der Waals surface area contributed by atoms with E-state index < -0.39 is 0 Å². The van der Waals surface area contributed by atoms with Crippen molar-refractivity contribution in [3.63, 3.8) is 0 Å². The van der Waals surface area contributed by atoms with Crippen molar-refractivity contribution in [2.75, 3.05) is 20.1 Å². The molecule has 0 spiro atoms. The minimum atomic E-state index is 0.152. The van der Waals surface area contributed by atoms with Crippen LogP contribution >= 0.6 is 0 Å². The maximum absolute atomic E-state index is 6.29. The zero-order chi connectivity index (χ0) is 15.8. The molecule has 1 aromatic rings. The second kappa shape index (κ2) is 5.76. The quantitative estimate of drug-likeness (QED) is 0.837. The molecule has 4 heteroatoms. The summed E-state index contributed by atoms with van der Waals surface area (Å²) >= 11 is 0. The van der Waals surface area contributed by atoms with Gasteiger partial charge in [0, 0.05) is 25.7 Å². The number of hydrogen-bond donors (Lipinski definition) is 0. The largest absolute Gasteiger partial charge is 0.455 e. The van der Waals surface area contributed by atoms with Gasteiger partial charge in [0.1, 0.15) is 17.6 Å². The van der Waals surface area contributed by atoms with E-state index >= 15 is 0 Å². The molecule has 23 heavy (non-hydrogen) atoms. The lowest BCUT2D eigenvalue weighted by molar-refractivity contribution is 0.237. The Balaban J connectivity index is 1.71. The Morgan fingerprint density at radius 1 is 1.09 bits per heavy atom.